The molecule has 18 heavy (non-hydrogen) atoms. The average Bonchev–Trinajstić information content (AvgIpc) is 2.35. The van der Waals surface area contributed by atoms with Crippen molar-refractivity contribution in [1.29, 1.82) is 0 Å². The molecule has 1 aliphatic rings. The Bertz CT molecular complexity index is 206. The maximum Gasteiger partial charge on any atom is 0.0897 e. The molecule has 4 heteroatoms. The van der Waals surface area contributed by atoms with Gasteiger partial charge < -0.3 is 20.1 Å². The van der Waals surface area contributed by atoms with E-state index in [0.29, 0.717) is 19.2 Å². The van der Waals surface area contributed by atoms with E-state index in [1.165, 1.54) is 32.4 Å². The second-order valence-corrected chi connectivity index (χ2v) is 5.71. The van der Waals surface area contributed by atoms with Crippen LogP contribution in [0.4, 0.5) is 0 Å². The number of hydrogen-bond donors (Lipinski definition) is 2. The standard InChI is InChI=1S/C14H30N2O2/c1-12(2)18-11-14(17)9-15-13(3)10-16-7-5-4-6-8-16/h12-15,17H,4-11H2,1-3H3. The first-order valence-corrected chi connectivity index (χ1v) is 7.33. The van der Waals surface area contributed by atoms with Gasteiger partial charge >= 0.3 is 0 Å². The van der Waals surface area contributed by atoms with Crippen molar-refractivity contribution in [3.8, 4) is 0 Å². The molecule has 2 unspecified atom stereocenters. The van der Waals surface area contributed by atoms with Crippen LogP contribution >= 0.6 is 0 Å². The predicted molar refractivity (Wildman–Crippen MR) is 74.9 cm³/mol. The molecule has 2 atom stereocenters. The molecule has 0 aliphatic carbocycles. The first-order chi connectivity index (χ1) is 8.58. The van der Waals surface area contributed by atoms with Crippen LogP contribution in [0.1, 0.15) is 40.0 Å². The fourth-order valence-electron chi connectivity index (χ4n) is 2.29. The van der Waals surface area contributed by atoms with Crippen molar-refractivity contribution in [2.45, 2.75) is 58.3 Å². The smallest absolute Gasteiger partial charge is 0.0897 e. The molecule has 0 aromatic rings. The van der Waals surface area contributed by atoms with Gasteiger partial charge in [0, 0.05) is 19.1 Å². The Morgan fingerprint density at radius 1 is 1.17 bits per heavy atom. The number of hydrogen-bond acceptors (Lipinski definition) is 4. The fourth-order valence-corrected chi connectivity index (χ4v) is 2.29. The highest BCUT2D eigenvalue weighted by molar-refractivity contribution is 4.72. The van der Waals surface area contributed by atoms with Gasteiger partial charge in [0.15, 0.2) is 0 Å². The molecule has 1 fully saturated rings. The molecule has 0 spiro atoms. The molecule has 2 N–H and O–H groups in total. The van der Waals surface area contributed by atoms with Crippen LogP contribution in [0.2, 0.25) is 0 Å². The molecule has 0 aromatic carbocycles. The molecule has 1 heterocycles. The summed E-state index contributed by atoms with van der Waals surface area (Å²) in [6.45, 7) is 10.7. The third-order valence-corrected chi connectivity index (χ3v) is 3.30. The van der Waals surface area contributed by atoms with Gasteiger partial charge in [-0.3, -0.25) is 0 Å². The molecule has 0 amide bonds. The Morgan fingerprint density at radius 3 is 2.44 bits per heavy atom. The minimum absolute atomic E-state index is 0.186. The summed E-state index contributed by atoms with van der Waals surface area (Å²) < 4.78 is 5.39. The topological polar surface area (TPSA) is 44.7 Å². The van der Waals surface area contributed by atoms with Gasteiger partial charge in [-0.15, -0.1) is 0 Å². The highest BCUT2D eigenvalue weighted by atomic mass is 16.5. The van der Waals surface area contributed by atoms with E-state index in [-0.39, 0.29) is 6.10 Å². The second kappa shape index (κ2) is 8.86. The first kappa shape index (κ1) is 15.9. The third-order valence-electron chi connectivity index (χ3n) is 3.30. The van der Waals surface area contributed by atoms with Gasteiger partial charge in [-0.05, 0) is 46.7 Å². The van der Waals surface area contributed by atoms with E-state index in [2.05, 4.69) is 17.1 Å². The zero-order valence-electron chi connectivity index (χ0n) is 12.2. The highest BCUT2D eigenvalue weighted by Crippen LogP contribution is 2.08. The van der Waals surface area contributed by atoms with E-state index in [0.717, 1.165) is 6.54 Å². The Balaban J connectivity index is 2.06. The van der Waals surface area contributed by atoms with Crippen LogP contribution in [-0.4, -0.2) is 61.0 Å². The normalized spacial score (nSPS) is 21.2. The summed E-state index contributed by atoms with van der Waals surface area (Å²) in [5.74, 6) is 0. The molecule has 1 saturated heterocycles. The lowest BCUT2D eigenvalue weighted by Gasteiger charge is -2.29. The van der Waals surface area contributed by atoms with Crippen LogP contribution in [-0.2, 0) is 4.74 Å². The van der Waals surface area contributed by atoms with Crippen molar-refractivity contribution in [2.24, 2.45) is 0 Å². The van der Waals surface area contributed by atoms with Gasteiger partial charge in [0.05, 0.1) is 18.8 Å². The van der Waals surface area contributed by atoms with E-state index >= 15 is 0 Å². The molecule has 0 aromatic heterocycles. The van der Waals surface area contributed by atoms with Crippen LogP contribution in [0.3, 0.4) is 0 Å². The van der Waals surface area contributed by atoms with Crippen LogP contribution < -0.4 is 5.32 Å². The summed E-state index contributed by atoms with van der Waals surface area (Å²) >= 11 is 0. The van der Waals surface area contributed by atoms with Crippen LogP contribution in [0, 0.1) is 0 Å². The van der Waals surface area contributed by atoms with E-state index < -0.39 is 6.10 Å². The zero-order chi connectivity index (χ0) is 13.4. The van der Waals surface area contributed by atoms with Crippen LogP contribution in [0.15, 0.2) is 0 Å². The summed E-state index contributed by atoms with van der Waals surface area (Å²) in [4.78, 5) is 2.51. The lowest BCUT2D eigenvalue weighted by molar-refractivity contribution is 0.00519. The van der Waals surface area contributed by atoms with Gasteiger partial charge in [-0.2, -0.15) is 0 Å². The van der Waals surface area contributed by atoms with Gasteiger partial charge in [-0.25, -0.2) is 0 Å². The number of nitrogens with one attached hydrogen (secondary N) is 1. The molecular formula is C14H30N2O2. The van der Waals surface area contributed by atoms with Crippen molar-refractivity contribution in [2.75, 3.05) is 32.8 Å². The van der Waals surface area contributed by atoms with Gasteiger partial charge in [0.2, 0.25) is 0 Å². The van der Waals surface area contributed by atoms with E-state index in [1.54, 1.807) is 0 Å². The van der Waals surface area contributed by atoms with E-state index in [9.17, 15) is 5.11 Å². The lowest BCUT2D eigenvalue weighted by atomic mass is 10.1. The number of ether oxygens (including phenoxy) is 1. The Labute approximate surface area is 112 Å². The Morgan fingerprint density at radius 2 is 1.83 bits per heavy atom. The number of aliphatic hydroxyl groups is 1. The molecule has 108 valence electrons. The molecule has 0 bridgehead atoms. The highest BCUT2D eigenvalue weighted by Gasteiger charge is 2.14. The van der Waals surface area contributed by atoms with E-state index in [4.69, 9.17) is 4.74 Å². The van der Waals surface area contributed by atoms with Crippen molar-refractivity contribution >= 4 is 0 Å². The summed E-state index contributed by atoms with van der Waals surface area (Å²) in [5, 5.41) is 13.1. The van der Waals surface area contributed by atoms with Crippen molar-refractivity contribution in [1.82, 2.24) is 10.2 Å². The number of rotatable bonds is 8. The average molecular weight is 258 g/mol. The first-order valence-electron chi connectivity index (χ1n) is 7.33. The Kier molecular flexibility index (Phi) is 7.82. The number of piperidine rings is 1. The molecule has 1 rings (SSSR count). The van der Waals surface area contributed by atoms with Crippen LogP contribution in [0.25, 0.3) is 0 Å². The molecular weight excluding hydrogens is 228 g/mol. The minimum Gasteiger partial charge on any atom is -0.389 e. The minimum atomic E-state index is -0.406. The summed E-state index contributed by atoms with van der Waals surface area (Å²) in [6, 6.07) is 0.428. The molecule has 1 aliphatic heterocycles. The summed E-state index contributed by atoms with van der Waals surface area (Å²) in [7, 11) is 0. The maximum atomic E-state index is 9.75. The third kappa shape index (κ3) is 7.31. The summed E-state index contributed by atoms with van der Waals surface area (Å²) in [5.41, 5.74) is 0. The van der Waals surface area contributed by atoms with Crippen molar-refractivity contribution in [3.63, 3.8) is 0 Å². The molecule has 0 saturated carbocycles. The fraction of sp³-hybridized carbons (Fsp3) is 1.00. The predicted octanol–water partition coefficient (Wildman–Crippen LogP) is 1.24. The van der Waals surface area contributed by atoms with Crippen molar-refractivity contribution < 1.29 is 9.84 Å². The largest absolute Gasteiger partial charge is 0.389 e. The van der Waals surface area contributed by atoms with Gasteiger partial charge in [0.25, 0.3) is 0 Å². The SMILES string of the molecule is CC(CN1CCCCC1)NCC(O)COC(C)C. The quantitative estimate of drug-likeness (QED) is 0.687. The number of nitrogens with zero attached hydrogens (tertiary/aromatic N) is 1. The van der Waals surface area contributed by atoms with Gasteiger partial charge in [-0.1, -0.05) is 6.42 Å². The maximum absolute atomic E-state index is 9.75. The number of likely N-dealkylation sites (tertiary alicyclic amines) is 1. The number of aliphatic hydroxyl groups excluding tert-OH is 1. The lowest BCUT2D eigenvalue weighted by Crippen LogP contribution is -2.44. The van der Waals surface area contributed by atoms with Crippen LogP contribution in [0.5, 0.6) is 0 Å². The summed E-state index contributed by atoms with van der Waals surface area (Å²) in [6.07, 6.45) is 3.82. The molecule has 0 radical (unpaired) electrons. The van der Waals surface area contributed by atoms with E-state index in [1.807, 2.05) is 13.8 Å². The second-order valence-electron chi connectivity index (χ2n) is 5.71. The zero-order valence-corrected chi connectivity index (χ0v) is 12.2. The monoisotopic (exact) mass is 258 g/mol. The van der Waals surface area contributed by atoms with Gasteiger partial charge in [0.1, 0.15) is 0 Å². The molecule has 4 nitrogen and oxygen atoms in total. The Hall–Kier alpha value is -0.160. The van der Waals surface area contributed by atoms with Crippen molar-refractivity contribution in [3.05, 3.63) is 0 Å².